The summed E-state index contributed by atoms with van der Waals surface area (Å²) in [5, 5.41) is 3.35. The zero-order valence-corrected chi connectivity index (χ0v) is 10.6. The van der Waals surface area contributed by atoms with Crippen LogP contribution in [0.3, 0.4) is 0 Å². The van der Waals surface area contributed by atoms with Gasteiger partial charge < -0.3 is 11.1 Å². The highest BCUT2D eigenvalue weighted by molar-refractivity contribution is 5.40. The lowest BCUT2D eigenvalue weighted by Gasteiger charge is -2.15. The molecule has 0 aliphatic heterocycles. The number of anilines is 2. The highest BCUT2D eigenvalue weighted by Crippen LogP contribution is 2.12. The van der Waals surface area contributed by atoms with E-state index in [1.54, 1.807) is 0 Å². The molecule has 0 fully saturated rings. The average Bonchev–Trinajstić information content (AvgIpc) is 2.12. The minimum atomic E-state index is 0.332. The van der Waals surface area contributed by atoms with Gasteiger partial charge in [0, 0.05) is 17.8 Å². The van der Waals surface area contributed by atoms with Gasteiger partial charge in [0.1, 0.15) is 5.82 Å². The summed E-state index contributed by atoms with van der Waals surface area (Å²) in [7, 11) is 0. The van der Waals surface area contributed by atoms with Gasteiger partial charge >= 0.3 is 0 Å². The first-order chi connectivity index (χ1) is 7.47. The van der Waals surface area contributed by atoms with Crippen LogP contribution in [0.25, 0.3) is 0 Å². The molecule has 3 N–H and O–H groups in total. The van der Waals surface area contributed by atoms with Crippen LogP contribution >= 0.6 is 0 Å². The van der Waals surface area contributed by atoms with Crippen LogP contribution in [0.5, 0.6) is 0 Å². The van der Waals surface area contributed by atoms with Crippen molar-refractivity contribution in [2.45, 2.75) is 46.6 Å². The Balaban J connectivity index is 2.52. The summed E-state index contributed by atoms with van der Waals surface area (Å²) in [5.74, 6) is 1.89. The first-order valence-electron chi connectivity index (χ1n) is 5.85. The fraction of sp³-hybridized carbons (Fsp3) is 0.667. The molecule has 4 nitrogen and oxygen atoms in total. The van der Waals surface area contributed by atoms with E-state index in [4.69, 9.17) is 5.73 Å². The summed E-state index contributed by atoms with van der Waals surface area (Å²) in [6.45, 7) is 8.55. The smallest absolute Gasteiger partial charge is 0.222 e. The summed E-state index contributed by atoms with van der Waals surface area (Å²) in [6, 6.07) is 2.33. The Morgan fingerprint density at radius 2 is 1.94 bits per heavy atom. The maximum absolute atomic E-state index is 5.60. The van der Waals surface area contributed by atoms with E-state index < -0.39 is 0 Å². The third kappa shape index (κ3) is 4.47. The highest BCUT2D eigenvalue weighted by Gasteiger charge is 2.05. The van der Waals surface area contributed by atoms with Gasteiger partial charge in [-0.1, -0.05) is 13.8 Å². The Morgan fingerprint density at radius 1 is 1.25 bits per heavy atom. The summed E-state index contributed by atoms with van der Waals surface area (Å²) in [5.41, 5.74) is 6.49. The molecule has 1 aromatic heterocycles. The van der Waals surface area contributed by atoms with Gasteiger partial charge in [-0.05, 0) is 32.6 Å². The van der Waals surface area contributed by atoms with Gasteiger partial charge in [0.25, 0.3) is 0 Å². The van der Waals surface area contributed by atoms with Crippen molar-refractivity contribution in [3.8, 4) is 0 Å². The predicted molar refractivity (Wildman–Crippen MR) is 68.3 cm³/mol. The summed E-state index contributed by atoms with van der Waals surface area (Å²) < 4.78 is 0. The van der Waals surface area contributed by atoms with Crippen molar-refractivity contribution in [2.24, 2.45) is 5.92 Å². The molecule has 1 rings (SSSR count). The van der Waals surface area contributed by atoms with E-state index in [2.05, 4.69) is 36.1 Å². The van der Waals surface area contributed by atoms with Gasteiger partial charge in [0.05, 0.1) is 0 Å². The number of aromatic nitrogens is 2. The van der Waals surface area contributed by atoms with E-state index in [1.807, 2.05) is 13.0 Å². The molecule has 0 aliphatic carbocycles. The molecule has 0 saturated carbocycles. The van der Waals surface area contributed by atoms with Crippen LogP contribution < -0.4 is 11.1 Å². The molecule has 1 heterocycles. The van der Waals surface area contributed by atoms with Crippen LogP contribution in [0.1, 0.15) is 39.3 Å². The molecule has 0 saturated heterocycles. The fourth-order valence-electron chi connectivity index (χ4n) is 1.57. The number of rotatable bonds is 5. The molecule has 0 aliphatic rings. The number of nitrogens with two attached hydrogens (primary N) is 1. The van der Waals surface area contributed by atoms with E-state index in [1.165, 1.54) is 6.42 Å². The number of hydrogen-bond acceptors (Lipinski definition) is 4. The Kier molecular flexibility index (Phi) is 4.52. The molecule has 0 aromatic carbocycles. The van der Waals surface area contributed by atoms with Crippen LogP contribution in [0.4, 0.5) is 11.8 Å². The number of nitrogens with zero attached hydrogens (tertiary/aromatic N) is 2. The van der Waals surface area contributed by atoms with Gasteiger partial charge in [-0.25, -0.2) is 4.98 Å². The maximum Gasteiger partial charge on any atom is 0.222 e. The minimum Gasteiger partial charge on any atom is -0.368 e. The molecule has 4 heteroatoms. The van der Waals surface area contributed by atoms with Crippen molar-refractivity contribution >= 4 is 11.8 Å². The van der Waals surface area contributed by atoms with Crippen LogP contribution in [-0.4, -0.2) is 16.0 Å². The minimum absolute atomic E-state index is 0.332. The average molecular weight is 222 g/mol. The van der Waals surface area contributed by atoms with Crippen LogP contribution in [0, 0.1) is 12.8 Å². The van der Waals surface area contributed by atoms with Crippen LogP contribution in [-0.2, 0) is 0 Å². The Bertz CT molecular complexity index is 316. The third-order valence-electron chi connectivity index (χ3n) is 2.44. The van der Waals surface area contributed by atoms with Crippen molar-refractivity contribution in [3.05, 3.63) is 11.8 Å². The molecule has 0 spiro atoms. The van der Waals surface area contributed by atoms with Gasteiger partial charge in [-0.2, -0.15) is 4.98 Å². The second kappa shape index (κ2) is 5.68. The summed E-state index contributed by atoms with van der Waals surface area (Å²) in [4.78, 5) is 8.20. The van der Waals surface area contributed by atoms with Crippen molar-refractivity contribution in [1.29, 1.82) is 0 Å². The van der Waals surface area contributed by atoms with E-state index in [-0.39, 0.29) is 0 Å². The zero-order valence-electron chi connectivity index (χ0n) is 10.6. The standard InChI is InChI=1S/C12H22N4/c1-8(2)5-6-9(3)14-11-7-10(4)15-12(13)16-11/h7-9H,5-6H2,1-4H3,(H3,13,14,15,16). The Hall–Kier alpha value is -1.32. The first kappa shape index (κ1) is 12.7. The number of nitrogen functional groups attached to an aromatic ring is 1. The Labute approximate surface area is 97.7 Å². The lowest BCUT2D eigenvalue weighted by molar-refractivity contribution is 0.527. The molecule has 0 amide bonds. The van der Waals surface area contributed by atoms with Gasteiger partial charge in [-0.15, -0.1) is 0 Å². The van der Waals surface area contributed by atoms with Crippen LogP contribution in [0.2, 0.25) is 0 Å². The number of nitrogens with one attached hydrogen (secondary N) is 1. The molecule has 90 valence electrons. The summed E-state index contributed by atoms with van der Waals surface area (Å²) in [6.07, 6.45) is 2.36. The van der Waals surface area contributed by atoms with E-state index in [0.717, 1.165) is 23.9 Å². The molecule has 0 radical (unpaired) electrons. The van der Waals surface area contributed by atoms with Gasteiger partial charge in [0.2, 0.25) is 5.95 Å². The molecule has 1 unspecified atom stereocenters. The molecule has 0 bridgehead atoms. The topological polar surface area (TPSA) is 63.8 Å². The largest absolute Gasteiger partial charge is 0.368 e. The van der Waals surface area contributed by atoms with E-state index in [0.29, 0.717) is 12.0 Å². The SMILES string of the molecule is Cc1cc(NC(C)CCC(C)C)nc(N)n1. The van der Waals surface area contributed by atoms with E-state index in [9.17, 15) is 0 Å². The van der Waals surface area contributed by atoms with Gasteiger partial charge in [0.15, 0.2) is 0 Å². The lowest BCUT2D eigenvalue weighted by atomic mass is 10.0. The number of hydrogen-bond donors (Lipinski definition) is 2. The third-order valence-corrected chi connectivity index (χ3v) is 2.44. The van der Waals surface area contributed by atoms with Crippen molar-refractivity contribution in [2.75, 3.05) is 11.1 Å². The van der Waals surface area contributed by atoms with Crippen molar-refractivity contribution in [3.63, 3.8) is 0 Å². The highest BCUT2D eigenvalue weighted by atomic mass is 15.1. The molecule has 1 aromatic rings. The normalized spacial score (nSPS) is 12.8. The van der Waals surface area contributed by atoms with E-state index >= 15 is 0 Å². The lowest BCUT2D eigenvalue weighted by Crippen LogP contribution is -2.17. The molecular weight excluding hydrogens is 200 g/mol. The van der Waals surface area contributed by atoms with Crippen molar-refractivity contribution < 1.29 is 0 Å². The maximum atomic E-state index is 5.60. The second-order valence-corrected chi connectivity index (χ2v) is 4.77. The monoisotopic (exact) mass is 222 g/mol. The summed E-state index contributed by atoms with van der Waals surface area (Å²) >= 11 is 0. The van der Waals surface area contributed by atoms with Crippen molar-refractivity contribution in [1.82, 2.24) is 9.97 Å². The molecule has 1 atom stereocenters. The van der Waals surface area contributed by atoms with Gasteiger partial charge in [-0.3, -0.25) is 0 Å². The fourth-order valence-corrected chi connectivity index (χ4v) is 1.57. The second-order valence-electron chi connectivity index (χ2n) is 4.77. The molecular formula is C12H22N4. The van der Waals surface area contributed by atoms with Crippen LogP contribution in [0.15, 0.2) is 6.07 Å². The Morgan fingerprint density at radius 3 is 2.50 bits per heavy atom. The number of aryl methyl sites for hydroxylation is 1. The zero-order chi connectivity index (χ0) is 12.1. The molecule has 16 heavy (non-hydrogen) atoms. The first-order valence-corrected chi connectivity index (χ1v) is 5.85. The predicted octanol–water partition coefficient (Wildman–Crippen LogP) is 2.60. The quantitative estimate of drug-likeness (QED) is 0.803.